The average Bonchev–Trinajstić information content (AvgIpc) is 2.60. The Morgan fingerprint density at radius 2 is 2.12 bits per heavy atom. The molecule has 1 heterocycles. The van der Waals surface area contributed by atoms with Crippen LogP contribution in [0.4, 0.5) is 4.79 Å². The van der Waals surface area contributed by atoms with Gasteiger partial charge in [-0.3, -0.25) is 0 Å². The van der Waals surface area contributed by atoms with Gasteiger partial charge in [-0.2, -0.15) is 0 Å². The molecule has 3 rings (SSSR count). The van der Waals surface area contributed by atoms with Crippen molar-refractivity contribution < 1.29 is 14.6 Å². The van der Waals surface area contributed by atoms with Crippen molar-refractivity contribution in [1.82, 2.24) is 10.6 Å². The summed E-state index contributed by atoms with van der Waals surface area (Å²) in [4.78, 5) is 12.2. The van der Waals surface area contributed by atoms with Gasteiger partial charge in [0.25, 0.3) is 0 Å². The third-order valence-electron chi connectivity index (χ3n) is 4.31. The number of hydrogen-bond acceptors (Lipinski definition) is 3. The zero-order valence-corrected chi connectivity index (χ0v) is 13.7. The summed E-state index contributed by atoms with van der Waals surface area (Å²) in [6.45, 7) is 3.13. The normalized spacial score (nSPS) is 17.3. The van der Waals surface area contributed by atoms with E-state index >= 15 is 0 Å². The minimum atomic E-state index is -0.213. The Labute approximate surface area is 141 Å². The number of fused-ring (bicyclic) bond motifs is 1. The molecule has 2 aromatic carbocycles. The highest BCUT2D eigenvalue weighted by Gasteiger charge is 2.21. The van der Waals surface area contributed by atoms with Gasteiger partial charge in [0.05, 0.1) is 12.6 Å². The fourth-order valence-electron chi connectivity index (χ4n) is 2.97. The minimum absolute atomic E-state index is 0.181. The first-order valence-corrected chi connectivity index (χ1v) is 8.18. The number of aromatic hydroxyl groups is 1. The van der Waals surface area contributed by atoms with Gasteiger partial charge in [-0.1, -0.05) is 30.3 Å². The van der Waals surface area contributed by atoms with E-state index in [-0.39, 0.29) is 23.7 Å². The van der Waals surface area contributed by atoms with Crippen molar-refractivity contribution in [2.45, 2.75) is 25.3 Å². The van der Waals surface area contributed by atoms with Crippen molar-refractivity contribution in [2.75, 3.05) is 13.2 Å². The molecule has 0 saturated carbocycles. The van der Waals surface area contributed by atoms with Crippen LogP contribution in [0, 0.1) is 0 Å². The van der Waals surface area contributed by atoms with Crippen LogP contribution in [-0.2, 0) is 0 Å². The highest BCUT2D eigenvalue weighted by atomic mass is 16.5. The van der Waals surface area contributed by atoms with E-state index in [1.54, 1.807) is 18.2 Å². The predicted molar refractivity (Wildman–Crippen MR) is 92.4 cm³/mol. The Kier molecular flexibility index (Phi) is 4.89. The molecule has 0 aliphatic carbocycles. The van der Waals surface area contributed by atoms with E-state index in [1.807, 2.05) is 37.3 Å². The molecule has 5 heteroatoms. The number of para-hydroxylation sites is 1. The predicted octanol–water partition coefficient (Wildman–Crippen LogP) is 3.32. The zero-order valence-electron chi connectivity index (χ0n) is 13.7. The van der Waals surface area contributed by atoms with Crippen molar-refractivity contribution in [1.29, 1.82) is 0 Å². The largest absolute Gasteiger partial charge is 0.508 e. The summed E-state index contributed by atoms with van der Waals surface area (Å²) in [5.41, 5.74) is 2.01. The van der Waals surface area contributed by atoms with Gasteiger partial charge in [-0.15, -0.1) is 0 Å². The maximum absolute atomic E-state index is 12.2. The lowest BCUT2D eigenvalue weighted by molar-refractivity contribution is 0.233. The van der Waals surface area contributed by atoms with E-state index in [2.05, 4.69) is 10.6 Å². The molecule has 1 aliphatic heterocycles. The number of phenolic OH excluding ortho intramolecular Hbond substituents is 1. The lowest BCUT2D eigenvalue weighted by Crippen LogP contribution is -2.39. The molecule has 2 atom stereocenters. The summed E-state index contributed by atoms with van der Waals surface area (Å²) in [5, 5.41) is 15.4. The fourth-order valence-corrected chi connectivity index (χ4v) is 2.97. The molecule has 5 nitrogen and oxygen atoms in total. The van der Waals surface area contributed by atoms with E-state index in [9.17, 15) is 9.90 Å². The average molecular weight is 326 g/mol. The van der Waals surface area contributed by atoms with E-state index in [0.29, 0.717) is 13.2 Å². The number of phenols is 1. The Hall–Kier alpha value is -2.69. The molecule has 0 aromatic heterocycles. The van der Waals surface area contributed by atoms with Crippen molar-refractivity contribution in [3.05, 3.63) is 59.7 Å². The number of carbonyl (C=O) groups is 1. The van der Waals surface area contributed by atoms with Crippen molar-refractivity contribution >= 4 is 6.03 Å². The first kappa shape index (κ1) is 16.2. The minimum Gasteiger partial charge on any atom is -0.508 e. The van der Waals surface area contributed by atoms with Crippen LogP contribution in [-0.4, -0.2) is 24.3 Å². The van der Waals surface area contributed by atoms with Crippen LogP contribution in [0.5, 0.6) is 11.5 Å². The highest BCUT2D eigenvalue weighted by molar-refractivity contribution is 5.74. The van der Waals surface area contributed by atoms with Crippen LogP contribution < -0.4 is 15.4 Å². The zero-order chi connectivity index (χ0) is 16.9. The molecule has 0 fully saturated rings. The first-order valence-electron chi connectivity index (χ1n) is 8.18. The van der Waals surface area contributed by atoms with Crippen molar-refractivity contribution in [3.8, 4) is 11.5 Å². The molecule has 0 saturated heterocycles. The number of ether oxygens (including phenoxy) is 1. The molecule has 0 spiro atoms. The quantitative estimate of drug-likeness (QED) is 0.807. The number of hydrogen-bond donors (Lipinski definition) is 3. The third kappa shape index (κ3) is 3.79. The summed E-state index contributed by atoms with van der Waals surface area (Å²) >= 11 is 0. The number of urea groups is 1. The van der Waals surface area contributed by atoms with E-state index < -0.39 is 0 Å². The molecule has 126 valence electrons. The Morgan fingerprint density at radius 1 is 1.29 bits per heavy atom. The van der Waals surface area contributed by atoms with Crippen LogP contribution in [0.3, 0.4) is 0 Å². The summed E-state index contributed by atoms with van der Waals surface area (Å²) in [6, 6.07) is 14.5. The number of amides is 2. The summed E-state index contributed by atoms with van der Waals surface area (Å²) in [7, 11) is 0. The van der Waals surface area contributed by atoms with E-state index in [0.717, 1.165) is 23.3 Å². The maximum Gasteiger partial charge on any atom is 0.315 e. The standard InChI is InChI=1S/C19H22N2O3/c1-13(14-5-4-6-16(22)11-14)21-19(23)20-12-15-9-10-24-18-8-3-2-7-17(15)18/h2-8,11,13,15,22H,9-10,12H2,1H3,(H2,20,21,23)/t13-,15?/m1/s1. The number of benzene rings is 2. The molecule has 1 unspecified atom stereocenters. The molecule has 0 bridgehead atoms. The number of nitrogens with one attached hydrogen (secondary N) is 2. The third-order valence-corrected chi connectivity index (χ3v) is 4.31. The molecule has 24 heavy (non-hydrogen) atoms. The first-order chi connectivity index (χ1) is 11.6. The van der Waals surface area contributed by atoms with Gasteiger partial charge >= 0.3 is 6.03 Å². The van der Waals surface area contributed by atoms with E-state index in [1.165, 1.54) is 0 Å². The number of carbonyl (C=O) groups excluding carboxylic acids is 1. The second-order valence-corrected chi connectivity index (χ2v) is 6.04. The molecule has 0 radical (unpaired) electrons. The smallest absolute Gasteiger partial charge is 0.315 e. The lowest BCUT2D eigenvalue weighted by atomic mass is 9.93. The fraction of sp³-hybridized carbons (Fsp3) is 0.316. The van der Waals surface area contributed by atoms with Gasteiger partial charge in [-0.25, -0.2) is 4.79 Å². The number of rotatable bonds is 4. The van der Waals surface area contributed by atoms with Crippen molar-refractivity contribution in [2.24, 2.45) is 0 Å². The molecule has 1 aliphatic rings. The maximum atomic E-state index is 12.2. The van der Waals surface area contributed by atoms with Crippen LogP contribution in [0.25, 0.3) is 0 Å². The molecule has 2 amide bonds. The molecular formula is C19H22N2O3. The highest BCUT2D eigenvalue weighted by Crippen LogP contribution is 2.32. The van der Waals surface area contributed by atoms with Crippen LogP contribution in [0.1, 0.15) is 36.4 Å². The molecule has 3 N–H and O–H groups in total. The lowest BCUT2D eigenvalue weighted by Gasteiger charge is -2.26. The second-order valence-electron chi connectivity index (χ2n) is 6.04. The Bertz CT molecular complexity index is 717. The topological polar surface area (TPSA) is 70.6 Å². The SMILES string of the molecule is C[C@@H](NC(=O)NCC1CCOc2ccccc21)c1cccc(O)c1. The van der Waals surface area contributed by atoms with Crippen LogP contribution >= 0.6 is 0 Å². The Balaban J connectivity index is 1.55. The van der Waals surface area contributed by atoms with Gasteiger partial charge in [0.15, 0.2) is 0 Å². The van der Waals surface area contributed by atoms with Crippen LogP contribution in [0.15, 0.2) is 48.5 Å². The van der Waals surface area contributed by atoms with Crippen LogP contribution in [0.2, 0.25) is 0 Å². The van der Waals surface area contributed by atoms with E-state index in [4.69, 9.17) is 4.74 Å². The van der Waals surface area contributed by atoms with Gasteiger partial charge in [0, 0.05) is 12.5 Å². The second kappa shape index (κ2) is 7.25. The summed E-state index contributed by atoms with van der Waals surface area (Å²) in [6.07, 6.45) is 0.888. The van der Waals surface area contributed by atoms with Gasteiger partial charge in [-0.05, 0) is 42.7 Å². The van der Waals surface area contributed by atoms with Gasteiger partial charge in [0.1, 0.15) is 11.5 Å². The van der Waals surface area contributed by atoms with Gasteiger partial charge < -0.3 is 20.5 Å². The summed E-state index contributed by atoms with van der Waals surface area (Å²) in [5.74, 6) is 1.36. The van der Waals surface area contributed by atoms with Crippen molar-refractivity contribution in [3.63, 3.8) is 0 Å². The van der Waals surface area contributed by atoms with Gasteiger partial charge in [0.2, 0.25) is 0 Å². The Morgan fingerprint density at radius 3 is 2.96 bits per heavy atom. The molecular weight excluding hydrogens is 304 g/mol. The molecule has 2 aromatic rings. The monoisotopic (exact) mass is 326 g/mol. The summed E-state index contributed by atoms with van der Waals surface area (Å²) < 4.78 is 5.64.